The molecule has 1 aromatic heterocycles. The van der Waals surface area contributed by atoms with E-state index in [4.69, 9.17) is 4.74 Å². The Kier molecular flexibility index (Phi) is 8.53. The van der Waals surface area contributed by atoms with E-state index in [1.807, 2.05) is 18.2 Å². The Bertz CT molecular complexity index is 977. The minimum absolute atomic E-state index is 0.0814. The maximum atomic E-state index is 13.5. The van der Waals surface area contributed by atoms with Crippen LogP contribution < -0.4 is 10.2 Å². The lowest BCUT2D eigenvalue weighted by molar-refractivity contribution is -0.143. The largest absolute Gasteiger partial charge is 0.442 e. The van der Waals surface area contributed by atoms with Crippen molar-refractivity contribution in [3.8, 4) is 0 Å². The third-order valence-electron chi connectivity index (χ3n) is 10.5. The van der Waals surface area contributed by atoms with E-state index >= 15 is 0 Å². The van der Waals surface area contributed by atoms with Crippen LogP contribution in [0.4, 0.5) is 10.6 Å². The molecule has 2 amide bonds. The van der Waals surface area contributed by atoms with Crippen molar-refractivity contribution in [3.05, 3.63) is 24.4 Å². The van der Waals surface area contributed by atoms with Crippen LogP contribution >= 0.6 is 0 Å². The number of ether oxygens (including phenoxy) is 1. The van der Waals surface area contributed by atoms with Crippen molar-refractivity contribution in [2.24, 2.45) is 17.8 Å². The van der Waals surface area contributed by atoms with E-state index in [0.29, 0.717) is 30.1 Å². The zero-order valence-corrected chi connectivity index (χ0v) is 24.5. The molecule has 5 rings (SSSR count). The van der Waals surface area contributed by atoms with Gasteiger partial charge in [-0.25, -0.2) is 9.78 Å². The van der Waals surface area contributed by atoms with Crippen molar-refractivity contribution in [1.29, 1.82) is 0 Å². The fourth-order valence-corrected chi connectivity index (χ4v) is 7.75. The first-order chi connectivity index (χ1) is 18.8. The summed E-state index contributed by atoms with van der Waals surface area (Å²) in [4.78, 5) is 37.6. The number of carbonyl (C=O) groups excluding carboxylic acids is 2. The number of likely N-dealkylation sites (tertiary alicyclic amines) is 2. The lowest BCUT2D eigenvalue weighted by atomic mass is 9.74. The van der Waals surface area contributed by atoms with Crippen LogP contribution in [0.25, 0.3) is 0 Å². The van der Waals surface area contributed by atoms with Crippen LogP contribution in [0.5, 0.6) is 0 Å². The monoisotopic (exact) mass is 539 g/mol. The number of pyridine rings is 1. The highest BCUT2D eigenvalue weighted by Gasteiger charge is 2.52. The van der Waals surface area contributed by atoms with E-state index in [2.05, 4.69) is 47.8 Å². The number of unbranched alkanes of at least 4 members (excludes halogenated alkanes) is 1. The molecule has 5 heterocycles. The van der Waals surface area contributed by atoms with Crippen LogP contribution in [-0.4, -0.2) is 83.2 Å². The maximum Gasteiger partial charge on any atom is 0.416 e. The molecule has 0 saturated carbocycles. The van der Waals surface area contributed by atoms with Gasteiger partial charge in [-0.2, -0.15) is 0 Å². The molecule has 4 atom stereocenters. The molecule has 4 fully saturated rings. The lowest BCUT2D eigenvalue weighted by Crippen LogP contribution is -2.64. The van der Waals surface area contributed by atoms with E-state index in [0.717, 1.165) is 84.1 Å². The van der Waals surface area contributed by atoms with Gasteiger partial charge < -0.3 is 15.0 Å². The maximum absolute atomic E-state index is 13.5. The number of nitrogens with zero attached hydrogens (tertiary/aromatic N) is 4. The van der Waals surface area contributed by atoms with Gasteiger partial charge in [0.1, 0.15) is 11.4 Å². The number of hydrogen-bond donors (Lipinski definition) is 1. The van der Waals surface area contributed by atoms with E-state index in [1.165, 1.54) is 0 Å². The summed E-state index contributed by atoms with van der Waals surface area (Å²) in [5.41, 5.74) is -0.306. The first kappa shape index (κ1) is 28.3. The van der Waals surface area contributed by atoms with Gasteiger partial charge in [-0.1, -0.05) is 32.8 Å². The summed E-state index contributed by atoms with van der Waals surface area (Å²) >= 11 is 0. The molecule has 1 spiro atoms. The van der Waals surface area contributed by atoms with Gasteiger partial charge in [-0.15, -0.1) is 0 Å². The van der Waals surface area contributed by atoms with Crippen LogP contribution in [0.3, 0.4) is 0 Å². The quantitative estimate of drug-likeness (QED) is 0.565. The van der Waals surface area contributed by atoms with E-state index in [9.17, 15) is 9.59 Å². The number of nitrogens with one attached hydrogen (secondary N) is 1. The van der Waals surface area contributed by atoms with Gasteiger partial charge in [-0.05, 0) is 64.1 Å². The smallest absolute Gasteiger partial charge is 0.416 e. The number of aromatic nitrogens is 1. The summed E-state index contributed by atoms with van der Waals surface area (Å²) in [5.74, 6) is 1.85. The third-order valence-corrected chi connectivity index (χ3v) is 10.5. The summed E-state index contributed by atoms with van der Waals surface area (Å²) in [6.45, 7) is 14.2. The second kappa shape index (κ2) is 11.7. The predicted octanol–water partition coefficient (Wildman–Crippen LogP) is 4.69. The third kappa shape index (κ3) is 5.69. The predicted molar refractivity (Wildman–Crippen MR) is 154 cm³/mol. The van der Waals surface area contributed by atoms with Crippen molar-refractivity contribution >= 4 is 17.8 Å². The zero-order valence-electron chi connectivity index (χ0n) is 24.5. The fraction of sp³-hybridized carbons (Fsp3) is 0.774. The molecule has 216 valence electrons. The zero-order chi connectivity index (χ0) is 27.6. The average Bonchev–Trinajstić information content (AvgIpc) is 2.93. The Balaban J connectivity index is 1.21. The normalized spacial score (nSPS) is 31.2. The van der Waals surface area contributed by atoms with Gasteiger partial charge in [0.05, 0.1) is 5.92 Å². The van der Waals surface area contributed by atoms with Crippen LogP contribution in [0.2, 0.25) is 0 Å². The summed E-state index contributed by atoms with van der Waals surface area (Å²) < 4.78 is 6.36. The fourth-order valence-electron chi connectivity index (χ4n) is 7.75. The number of hydrogen-bond acceptors (Lipinski definition) is 6. The molecule has 0 radical (unpaired) electrons. The highest BCUT2D eigenvalue weighted by atomic mass is 16.6. The van der Waals surface area contributed by atoms with Crippen LogP contribution in [0.1, 0.15) is 79.1 Å². The summed E-state index contributed by atoms with van der Waals surface area (Å²) in [6.07, 6.45) is 9.65. The highest BCUT2D eigenvalue weighted by Crippen LogP contribution is 2.44. The highest BCUT2D eigenvalue weighted by molar-refractivity contribution is 5.87. The molecule has 0 bridgehead atoms. The molecule has 39 heavy (non-hydrogen) atoms. The Morgan fingerprint density at radius 3 is 2.51 bits per heavy atom. The molecule has 0 aliphatic carbocycles. The number of amides is 2. The van der Waals surface area contributed by atoms with Crippen molar-refractivity contribution in [2.45, 2.75) is 96.2 Å². The van der Waals surface area contributed by atoms with Crippen molar-refractivity contribution in [1.82, 2.24) is 20.1 Å². The Morgan fingerprint density at radius 1 is 1.13 bits per heavy atom. The number of piperidine rings is 3. The summed E-state index contributed by atoms with van der Waals surface area (Å²) in [7, 11) is 0. The first-order valence-corrected chi connectivity index (χ1v) is 15.4. The Hall–Kier alpha value is -2.19. The Labute approximate surface area is 234 Å². The molecular formula is C31H49N5O3. The van der Waals surface area contributed by atoms with E-state index in [-0.39, 0.29) is 29.2 Å². The summed E-state index contributed by atoms with van der Waals surface area (Å²) in [6, 6.07) is 5.94. The standard InChI is InChI=1S/C31H49N5O3/c1-5-6-9-25-22-36(26-10-7-8-16-33-26)29(38)39-31(25)14-20-35(21-15-31)30(4)12-18-34(19-13-30)28(37)27-23(2)11-17-32-24(27)3/h7-8,10,16,23-25,27,32H,5-6,9,11-15,17-22H2,1-4H3/t23?,24-,25?,27?/m0/s1. The summed E-state index contributed by atoms with van der Waals surface area (Å²) in [5, 5.41) is 3.51. The van der Waals surface area contributed by atoms with Gasteiger partial charge in [0.25, 0.3) is 0 Å². The topological polar surface area (TPSA) is 78.0 Å². The van der Waals surface area contributed by atoms with Gasteiger partial charge >= 0.3 is 6.09 Å². The number of rotatable bonds is 6. The van der Waals surface area contributed by atoms with Crippen molar-refractivity contribution < 1.29 is 14.3 Å². The molecule has 0 aromatic carbocycles. The van der Waals surface area contributed by atoms with Gasteiger partial charge in [0.15, 0.2) is 0 Å². The lowest BCUT2D eigenvalue weighted by Gasteiger charge is -2.55. The molecule has 3 unspecified atom stereocenters. The number of anilines is 1. The van der Waals surface area contributed by atoms with E-state index < -0.39 is 0 Å². The van der Waals surface area contributed by atoms with Gasteiger partial charge in [0.2, 0.25) is 5.91 Å². The van der Waals surface area contributed by atoms with Crippen molar-refractivity contribution in [3.63, 3.8) is 0 Å². The molecule has 8 heteroatoms. The average molecular weight is 540 g/mol. The van der Waals surface area contributed by atoms with Gasteiger partial charge in [-0.3, -0.25) is 14.6 Å². The minimum atomic E-state index is -0.388. The van der Waals surface area contributed by atoms with Crippen LogP contribution in [0, 0.1) is 17.8 Å². The SMILES string of the molecule is CCCCC1CN(c2ccccn2)C(=O)OC12CCN(C1(C)CCN(C(=O)C3C(C)CCN[C@H]3C)CC1)CC2. The van der Waals surface area contributed by atoms with Crippen LogP contribution in [0.15, 0.2) is 24.4 Å². The molecule has 4 aliphatic rings. The number of carbonyl (C=O) groups is 2. The molecule has 4 aliphatic heterocycles. The van der Waals surface area contributed by atoms with Crippen molar-refractivity contribution in [2.75, 3.05) is 44.2 Å². The van der Waals surface area contributed by atoms with Crippen LogP contribution in [-0.2, 0) is 9.53 Å². The minimum Gasteiger partial charge on any atom is -0.442 e. The molecule has 1 N–H and O–H groups in total. The van der Waals surface area contributed by atoms with Gasteiger partial charge in [0, 0.05) is 69.3 Å². The molecule has 1 aromatic rings. The second-order valence-corrected chi connectivity index (χ2v) is 12.9. The Morgan fingerprint density at radius 2 is 1.87 bits per heavy atom. The molecule has 4 saturated heterocycles. The first-order valence-electron chi connectivity index (χ1n) is 15.4. The molecule has 8 nitrogen and oxygen atoms in total. The molecular weight excluding hydrogens is 490 g/mol. The van der Waals surface area contributed by atoms with E-state index in [1.54, 1.807) is 11.1 Å². The second-order valence-electron chi connectivity index (χ2n) is 12.9.